The number of carbonyl (C=O) groups excluding carboxylic acids is 1. The van der Waals surface area contributed by atoms with Crippen molar-refractivity contribution >= 4 is 22.5 Å². The van der Waals surface area contributed by atoms with Crippen LogP contribution >= 0.6 is 0 Å². The van der Waals surface area contributed by atoms with Crippen molar-refractivity contribution in [1.29, 1.82) is 0 Å². The fourth-order valence-corrected chi connectivity index (χ4v) is 4.62. The van der Waals surface area contributed by atoms with Crippen LogP contribution in [0.2, 0.25) is 0 Å². The Hall–Kier alpha value is -2.60. The van der Waals surface area contributed by atoms with E-state index in [1.807, 2.05) is 47.0 Å². The number of nitrogens with zero attached hydrogens (tertiary/aromatic N) is 3. The molecule has 30 heavy (non-hydrogen) atoms. The first-order valence-corrected chi connectivity index (χ1v) is 11.2. The maximum atomic E-state index is 12.9. The van der Waals surface area contributed by atoms with E-state index in [0.29, 0.717) is 30.9 Å². The molecule has 0 aliphatic carbocycles. The van der Waals surface area contributed by atoms with E-state index in [-0.39, 0.29) is 11.5 Å². The van der Waals surface area contributed by atoms with Crippen LogP contribution < -0.4 is 10.9 Å². The van der Waals surface area contributed by atoms with Crippen LogP contribution in [0.15, 0.2) is 47.4 Å². The topological polar surface area (TPSA) is 58.8 Å². The molecule has 1 fully saturated rings. The molecule has 4 rings (SSSR count). The number of para-hydroxylation sites is 2. The lowest BCUT2D eigenvalue weighted by Crippen LogP contribution is -2.39. The van der Waals surface area contributed by atoms with Gasteiger partial charge in [-0.05, 0) is 63.4 Å². The molecule has 0 radical (unpaired) electrons. The summed E-state index contributed by atoms with van der Waals surface area (Å²) in [6.45, 7) is 5.81. The molecule has 6 heteroatoms. The second kappa shape index (κ2) is 9.47. The van der Waals surface area contributed by atoms with Gasteiger partial charge in [0.15, 0.2) is 0 Å². The van der Waals surface area contributed by atoms with E-state index in [0.717, 1.165) is 30.5 Å². The summed E-state index contributed by atoms with van der Waals surface area (Å²) < 4.78 is 3.74. The van der Waals surface area contributed by atoms with Gasteiger partial charge in [0.1, 0.15) is 5.52 Å². The van der Waals surface area contributed by atoms with Crippen molar-refractivity contribution in [1.82, 2.24) is 19.2 Å². The standard InChI is InChI=1S/C24H32N4O2/c1-19-9-4-5-15-26(19)16-8-14-25-23(29)13-7-18-28-21-11-3-2-10-20(21)27-17-6-12-22(27)24(28)30/h2-3,6,10-12,17,19H,4-5,7-9,13-16,18H2,1H3,(H,25,29). The molecule has 3 aromatic rings. The highest BCUT2D eigenvalue weighted by Gasteiger charge is 2.17. The van der Waals surface area contributed by atoms with Gasteiger partial charge in [-0.2, -0.15) is 0 Å². The minimum absolute atomic E-state index is 0.00485. The second-order valence-electron chi connectivity index (χ2n) is 8.40. The van der Waals surface area contributed by atoms with E-state index in [2.05, 4.69) is 17.1 Å². The molecule has 3 heterocycles. The summed E-state index contributed by atoms with van der Waals surface area (Å²) in [6.07, 6.45) is 7.91. The molecule has 1 atom stereocenters. The molecule has 1 saturated heterocycles. The molecule has 1 aliphatic rings. The minimum Gasteiger partial charge on any atom is -0.356 e. The lowest BCUT2D eigenvalue weighted by Gasteiger charge is -2.33. The smallest absolute Gasteiger partial charge is 0.275 e. The van der Waals surface area contributed by atoms with Gasteiger partial charge in [0, 0.05) is 38.3 Å². The maximum Gasteiger partial charge on any atom is 0.275 e. The Labute approximate surface area is 177 Å². The lowest BCUT2D eigenvalue weighted by molar-refractivity contribution is -0.121. The molecule has 0 spiro atoms. The largest absolute Gasteiger partial charge is 0.356 e. The number of hydrogen-bond donors (Lipinski definition) is 1. The monoisotopic (exact) mass is 408 g/mol. The van der Waals surface area contributed by atoms with Gasteiger partial charge in [0.05, 0.1) is 11.0 Å². The van der Waals surface area contributed by atoms with Crippen LogP contribution in [0.5, 0.6) is 0 Å². The van der Waals surface area contributed by atoms with Gasteiger partial charge in [0.2, 0.25) is 5.91 Å². The van der Waals surface area contributed by atoms with Gasteiger partial charge in [-0.3, -0.25) is 9.59 Å². The Kier molecular flexibility index (Phi) is 6.53. The van der Waals surface area contributed by atoms with Crippen LogP contribution in [0.25, 0.3) is 16.6 Å². The molecule has 1 amide bonds. The molecule has 1 N–H and O–H groups in total. The van der Waals surface area contributed by atoms with Gasteiger partial charge in [-0.1, -0.05) is 18.6 Å². The third kappa shape index (κ3) is 4.43. The van der Waals surface area contributed by atoms with Gasteiger partial charge in [-0.15, -0.1) is 0 Å². The zero-order valence-corrected chi connectivity index (χ0v) is 17.8. The first-order chi connectivity index (χ1) is 14.6. The molecule has 0 saturated carbocycles. The van der Waals surface area contributed by atoms with Crippen molar-refractivity contribution in [3.05, 3.63) is 52.9 Å². The van der Waals surface area contributed by atoms with Crippen LogP contribution in [-0.2, 0) is 11.3 Å². The number of fused-ring (bicyclic) bond motifs is 3. The fraction of sp³-hybridized carbons (Fsp3) is 0.500. The van der Waals surface area contributed by atoms with Crippen molar-refractivity contribution in [2.45, 2.75) is 58.0 Å². The number of benzene rings is 1. The Morgan fingerprint density at radius 2 is 1.83 bits per heavy atom. The summed E-state index contributed by atoms with van der Waals surface area (Å²) in [5, 5.41) is 3.04. The predicted molar refractivity (Wildman–Crippen MR) is 121 cm³/mol. The zero-order chi connectivity index (χ0) is 20.9. The normalized spacial score (nSPS) is 17.6. The number of aryl methyl sites for hydroxylation is 1. The summed E-state index contributed by atoms with van der Waals surface area (Å²) in [5.74, 6) is 0.0720. The van der Waals surface area contributed by atoms with Crippen molar-refractivity contribution in [2.75, 3.05) is 19.6 Å². The van der Waals surface area contributed by atoms with Crippen LogP contribution in [0.3, 0.4) is 0 Å². The van der Waals surface area contributed by atoms with Gasteiger partial charge >= 0.3 is 0 Å². The number of piperidine rings is 1. The number of likely N-dealkylation sites (tertiary alicyclic amines) is 1. The van der Waals surface area contributed by atoms with E-state index >= 15 is 0 Å². The highest BCUT2D eigenvalue weighted by molar-refractivity contribution is 5.79. The van der Waals surface area contributed by atoms with Crippen LogP contribution in [-0.4, -0.2) is 45.5 Å². The third-order valence-corrected chi connectivity index (χ3v) is 6.32. The average molecular weight is 409 g/mol. The predicted octanol–water partition coefficient (Wildman–Crippen LogP) is 3.42. The first-order valence-electron chi connectivity index (χ1n) is 11.2. The molecular weight excluding hydrogens is 376 g/mol. The highest BCUT2D eigenvalue weighted by atomic mass is 16.1. The molecule has 6 nitrogen and oxygen atoms in total. The summed E-state index contributed by atoms with van der Waals surface area (Å²) in [4.78, 5) is 27.7. The number of hydrogen-bond acceptors (Lipinski definition) is 3. The van der Waals surface area contributed by atoms with Gasteiger partial charge in [-0.25, -0.2) is 0 Å². The lowest BCUT2D eigenvalue weighted by atomic mass is 10.0. The van der Waals surface area contributed by atoms with E-state index in [9.17, 15) is 9.59 Å². The van der Waals surface area contributed by atoms with Crippen molar-refractivity contribution < 1.29 is 4.79 Å². The number of rotatable bonds is 8. The van der Waals surface area contributed by atoms with E-state index in [4.69, 9.17) is 0 Å². The quantitative estimate of drug-likeness (QED) is 0.581. The number of nitrogens with one attached hydrogen (secondary N) is 1. The molecule has 1 aromatic carbocycles. The highest BCUT2D eigenvalue weighted by Crippen LogP contribution is 2.17. The van der Waals surface area contributed by atoms with Crippen molar-refractivity contribution in [3.8, 4) is 0 Å². The molecular formula is C24H32N4O2. The van der Waals surface area contributed by atoms with E-state index < -0.39 is 0 Å². The van der Waals surface area contributed by atoms with E-state index in [1.165, 1.54) is 25.8 Å². The minimum atomic E-state index is -0.00485. The van der Waals surface area contributed by atoms with Crippen molar-refractivity contribution in [2.24, 2.45) is 0 Å². The number of amides is 1. The molecule has 1 aliphatic heterocycles. The Bertz CT molecular complexity index is 1070. The van der Waals surface area contributed by atoms with Gasteiger partial charge < -0.3 is 19.2 Å². The molecule has 160 valence electrons. The summed E-state index contributed by atoms with van der Waals surface area (Å²) in [7, 11) is 0. The fourth-order valence-electron chi connectivity index (χ4n) is 4.62. The summed E-state index contributed by atoms with van der Waals surface area (Å²) in [5.41, 5.74) is 2.58. The third-order valence-electron chi connectivity index (χ3n) is 6.32. The van der Waals surface area contributed by atoms with Crippen LogP contribution in [0.4, 0.5) is 0 Å². The Balaban J connectivity index is 1.29. The van der Waals surface area contributed by atoms with Crippen molar-refractivity contribution in [3.63, 3.8) is 0 Å². The SMILES string of the molecule is CC1CCCCN1CCCNC(=O)CCCn1c(=O)c2cccn2c2ccccc21. The molecule has 2 aromatic heterocycles. The Morgan fingerprint density at radius 3 is 2.67 bits per heavy atom. The average Bonchev–Trinajstić information content (AvgIpc) is 3.25. The van der Waals surface area contributed by atoms with Crippen LogP contribution in [0.1, 0.15) is 45.4 Å². The zero-order valence-electron chi connectivity index (χ0n) is 17.8. The van der Waals surface area contributed by atoms with E-state index in [1.54, 1.807) is 4.57 Å². The summed E-state index contributed by atoms with van der Waals surface area (Å²) >= 11 is 0. The molecule has 0 bridgehead atoms. The number of carbonyl (C=O) groups is 1. The van der Waals surface area contributed by atoms with Crippen LogP contribution in [0, 0.1) is 0 Å². The Morgan fingerprint density at radius 1 is 1.03 bits per heavy atom. The van der Waals surface area contributed by atoms with Gasteiger partial charge in [0.25, 0.3) is 5.56 Å². The maximum absolute atomic E-state index is 12.9. The second-order valence-corrected chi connectivity index (χ2v) is 8.40. The molecule has 1 unspecified atom stereocenters. The number of aromatic nitrogens is 2. The summed E-state index contributed by atoms with van der Waals surface area (Å²) in [6, 6.07) is 12.3. The first kappa shape index (κ1) is 20.7.